The van der Waals surface area contributed by atoms with Crippen molar-refractivity contribution < 1.29 is 19.1 Å². The van der Waals surface area contributed by atoms with Crippen molar-refractivity contribution in [3.05, 3.63) is 35.9 Å². The van der Waals surface area contributed by atoms with E-state index in [1.807, 2.05) is 23.1 Å². The first kappa shape index (κ1) is 22.3. The zero-order chi connectivity index (χ0) is 21.4. The van der Waals surface area contributed by atoms with Gasteiger partial charge in [-0.15, -0.1) is 0 Å². The number of carbonyl (C=O) groups is 3. The summed E-state index contributed by atoms with van der Waals surface area (Å²) in [6, 6.07) is 10.1. The number of rotatable bonds is 8. The molecule has 1 aliphatic carbocycles. The van der Waals surface area contributed by atoms with Gasteiger partial charge in [-0.05, 0) is 38.2 Å². The van der Waals surface area contributed by atoms with Gasteiger partial charge in [0.2, 0.25) is 11.8 Å². The number of piperidine rings is 1. The smallest absolute Gasteiger partial charge is 0.308 e. The molecule has 6 heteroatoms. The van der Waals surface area contributed by atoms with Gasteiger partial charge in [0.1, 0.15) is 0 Å². The first-order chi connectivity index (χ1) is 14.5. The topological polar surface area (TPSA) is 75.7 Å². The van der Waals surface area contributed by atoms with Crippen molar-refractivity contribution >= 4 is 17.8 Å². The lowest BCUT2D eigenvalue weighted by Gasteiger charge is -2.40. The molecule has 1 heterocycles. The van der Waals surface area contributed by atoms with E-state index in [1.54, 1.807) is 6.92 Å². The standard InChI is InChI=1S/C24H34N2O4/c1-2-30-22(28)17-24(14-7-4-8-15-24)25-23(29)20-11-12-21(27)26(18-20)16-13-19-9-5-3-6-10-19/h3,5-6,9-10,20H,2,4,7-8,11-18H2,1H3,(H,25,29)/t20-/m0/s1. The molecule has 6 nitrogen and oxygen atoms in total. The van der Waals surface area contributed by atoms with E-state index in [4.69, 9.17) is 4.74 Å². The van der Waals surface area contributed by atoms with Gasteiger partial charge in [0, 0.05) is 19.5 Å². The van der Waals surface area contributed by atoms with E-state index in [1.165, 1.54) is 5.56 Å². The molecular formula is C24H34N2O4. The summed E-state index contributed by atoms with van der Waals surface area (Å²) >= 11 is 0. The fourth-order valence-electron chi connectivity index (χ4n) is 4.68. The Morgan fingerprint density at radius 1 is 1.17 bits per heavy atom. The van der Waals surface area contributed by atoms with Crippen molar-refractivity contribution in [3.8, 4) is 0 Å². The molecule has 1 aromatic carbocycles. The lowest BCUT2D eigenvalue weighted by molar-refractivity contribution is -0.146. The summed E-state index contributed by atoms with van der Waals surface area (Å²) in [4.78, 5) is 39.5. The number of likely N-dealkylation sites (tertiary alicyclic amines) is 1. The summed E-state index contributed by atoms with van der Waals surface area (Å²) in [6.45, 7) is 3.23. The molecule has 1 aliphatic heterocycles. The molecule has 0 spiro atoms. The second-order valence-corrected chi connectivity index (χ2v) is 8.62. The van der Waals surface area contributed by atoms with E-state index in [0.717, 1.165) is 38.5 Å². The Hall–Kier alpha value is -2.37. The molecular weight excluding hydrogens is 380 g/mol. The summed E-state index contributed by atoms with van der Waals surface area (Å²) in [6.07, 6.45) is 6.75. The zero-order valence-electron chi connectivity index (χ0n) is 18.0. The number of hydrogen-bond acceptors (Lipinski definition) is 4. The van der Waals surface area contributed by atoms with Gasteiger partial charge in [-0.1, -0.05) is 49.6 Å². The SMILES string of the molecule is CCOC(=O)CC1(NC(=O)[C@H]2CCC(=O)N(CCc3ccccc3)C2)CCCCC1. The van der Waals surface area contributed by atoms with Crippen molar-refractivity contribution in [3.63, 3.8) is 0 Å². The highest BCUT2D eigenvalue weighted by Gasteiger charge is 2.39. The third-order valence-corrected chi connectivity index (χ3v) is 6.37. The third kappa shape index (κ3) is 6.07. The van der Waals surface area contributed by atoms with Gasteiger partial charge in [-0.2, -0.15) is 0 Å². The van der Waals surface area contributed by atoms with Gasteiger partial charge < -0.3 is 15.0 Å². The molecule has 0 unspecified atom stereocenters. The van der Waals surface area contributed by atoms with Crippen molar-refractivity contribution in [2.24, 2.45) is 5.92 Å². The Bertz CT molecular complexity index is 728. The summed E-state index contributed by atoms with van der Waals surface area (Å²) in [7, 11) is 0. The largest absolute Gasteiger partial charge is 0.466 e. The van der Waals surface area contributed by atoms with Crippen molar-refractivity contribution in [2.75, 3.05) is 19.7 Å². The van der Waals surface area contributed by atoms with Gasteiger partial charge in [0.25, 0.3) is 0 Å². The minimum absolute atomic E-state index is 0.0293. The van der Waals surface area contributed by atoms with Crippen molar-refractivity contribution in [1.29, 1.82) is 0 Å². The van der Waals surface area contributed by atoms with Crippen LogP contribution in [0.2, 0.25) is 0 Å². The molecule has 2 aliphatic rings. The van der Waals surface area contributed by atoms with Crippen LogP contribution < -0.4 is 5.32 Å². The Kier molecular flexibility index (Phi) is 7.88. The van der Waals surface area contributed by atoms with Crippen LogP contribution in [-0.2, 0) is 25.5 Å². The fraction of sp³-hybridized carbons (Fsp3) is 0.625. The van der Waals surface area contributed by atoms with Crippen LogP contribution in [0.15, 0.2) is 30.3 Å². The first-order valence-corrected chi connectivity index (χ1v) is 11.3. The van der Waals surface area contributed by atoms with Gasteiger partial charge in [0.15, 0.2) is 0 Å². The van der Waals surface area contributed by atoms with Crippen LogP contribution in [0.4, 0.5) is 0 Å². The molecule has 1 saturated carbocycles. The van der Waals surface area contributed by atoms with Gasteiger partial charge in [0.05, 0.1) is 24.5 Å². The number of amides is 2. The number of nitrogens with zero attached hydrogens (tertiary/aromatic N) is 1. The third-order valence-electron chi connectivity index (χ3n) is 6.37. The number of ether oxygens (including phenoxy) is 1. The molecule has 3 rings (SSSR count). The van der Waals surface area contributed by atoms with E-state index >= 15 is 0 Å². The Morgan fingerprint density at radius 3 is 2.60 bits per heavy atom. The molecule has 1 saturated heterocycles. The minimum Gasteiger partial charge on any atom is -0.466 e. The average Bonchev–Trinajstić information content (AvgIpc) is 2.74. The summed E-state index contributed by atoms with van der Waals surface area (Å²) in [5.41, 5.74) is 0.685. The molecule has 1 aromatic rings. The number of nitrogens with one attached hydrogen (secondary N) is 1. The van der Waals surface area contributed by atoms with Crippen LogP contribution in [0.1, 0.15) is 63.9 Å². The van der Waals surface area contributed by atoms with E-state index in [9.17, 15) is 14.4 Å². The molecule has 1 atom stereocenters. The first-order valence-electron chi connectivity index (χ1n) is 11.3. The number of carbonyl (C=O) groups excluding carboxylic acids is 3. The van der Waals surface area contributed by atoms with Crippen LogP contribution in [0.5, 0.6) is 0 Å². The van der Waals surface area contributed by atoms with Crippen molar-refractivity contribution in [2.45, 2.75) is 70.3 Å². The maximum atomic E-state index is 13.1. The normalized spacial score (nSPS) is 21.2. The lowest BCUT2D eigenvalue weighted by atomic mass is 9.78. The van der Waals surface area contributed by atoms with Crippen LogP contribution in [0, 0.1) is 5.92 Å². The van der Waals surface area contributed by atoms with Crippen LogP contribution in [-0.4, -0.2) is 47.9 Å². The molecule has 1 N–H and O–H groups in total. The molecule has 0 aromatic heterocycles. The maximum absolute atomic E-state index is 13.1. The Morgan fingerprint density at radius 2 is 1.90 bits per heavy atom. The number of benzene rings is 1. The van der Waals surface area contributed by atoms with E-state index in [0.29, 0.717) is 32.5 Å². The Labute approximate surface area is 179 Å². The quantitative estimate of drug-likeness (QED) is 0.663. The Balaban J connectivity index is 1.59. The predicted molar refractivity (Wildman–Crippen MR) is 115 cm³/mol. The van der Waals surface area contributed by atoms with E-state index in [-0.39, 0.29) is 30.1 Å². The fourth-order valence-corrected chi connectivity index (χ4v) is 4.68. The highest BCUT2D eigenvalue weighted by Crippen LogP contribution is 2.32. The molecule has 2 amide bonds. The molecule has 0 radical (unpaired) electrons. The number of hydrogen-bond donors (Lipinski definition) is 1. The zero-order valence-corrected chi connectivity index (χ0v) is 18.0. The average molecular weight is 415 g/mol. The highest BCUT2D eigenvalue weighted by molar-refractivity contribution is 5.85. The highest BCUT2D eigenvalue weighted by atomic mass is 16.5. The molecule has 0 bridgehead atoms. The lowest BCUT2D eigenvalue weighted by Crippen LogP contribution is -2.55. The number of esters is 1. The monoisotopic (exact) mass is 414 g/mol. The van der Waals surface area contributed by atoms with Gasteiger partial charge in [-0.25, -0.2) is 0 Å². The molecule has 164 valence electrons. The summed E-state index contributed by atoms with van der Waals surface area (Å²) < 4.78 is 5.16. The minimum atomic E-state index is -0.502. The van der Waals surface area contributed by atoms with Crippen LogP contribution >= 0.6 is 0 Å². The molecule has 2 fully saturated rings. The summed E-state index contributed by atoms with van der Waals surface area (Å²) in [5, 5.41) is 3.22. The van der Waals surface area contributed by atoms with Gasteiger partial charge >= 0.3 is 5.97 Å². The summed E-state index contributed by atoms with van der Waals surface area (Å²) in [5.74, 6) is -0.380. The van der Waals surface area contributed by atoms with E-state index < -0.39 is 5.54 Å². The molecule has 30 heavy (non-hydrogen) atoms. The predicted octanol–water partition coefficient (Wildman–Crippen LogP) is 3.24. The van der Waals surface area contributed by atoms with Crippen LogP contribution in [0.3, 0.4) is 0 Å². The second-order valence-electron chi connectivity index (χ2n) is 8.62. The van der Waals surface area contributed by atoms with Crippen molar-refractivity contribution in [1.82, 2.24) is 10.2 Å². The maximum Gasteiger partial charge on any atom is 0.308 e. The van der Waals surface area contributed by atoms with Crippen LogP contribution in [0.25, 0.3) is 0 Å². The van der Waals surface area contributed by atoms with E-state index in [2.05, 4.69) is 17.4 Å². The van der Waals surface area contributed by atoms with Gasteiger partial charge in [-0.3, -0.25) is 14.4 Å². The second kappa shape index (κ2) is 10.6.